The van der Waals surface area contributed by atoms with E-state index in [0.29, 0.717) is 10.8 Å². The molecule has 0 bridgehead atoms. The van der Waals surface area contributed by atoms with Crippen molar-refractivity contribution in [2.75, 3.05) is 31.9 Å². The topological polar surface area (TPSA) is 91.1 Å². The average molecular weight is 463 g/mol. The van der Waals surface area contributed by atoms with Crippen molar-refractivity contribution in [2.24, 2.45) is 5.92 Å². The highest BCUT2D eigenvalue weighted by atomic mass is 35.5. The van der Waals surface area contributed by atoms with E-state index in [1.165, 1.54) is 11.9 Å². The number of hydrogen-bond donors (Lipinski definition) is 2. The Morgan fingerprint density at radius 1 is 1.12 bits per heavy atom. The van der Waals surface area contributed by atoms with Gasteiger partial charge < -0.3 is 15.5 Å². The maximum Gasteiger partial charge on any atom is 0.134 e. The normalized spacial score (nSPS) is 17.4. The summed E-state index contributed by atoms with van der Waals surface area (Å²) in [6, 6.07) is 14.2. The molecule has 1 aliphatic heterocycles. The first-order valence-electron chi connectivity index (χ1n) is 11.2. The average Bonchev–Trinajstić information content (AvgIpc) is 3.23. The molecule has 3 N–H and O–H groups in total. The minimum atomic E-state index is -0.120. The number of rotatable bonds is 6. The first-order chi connectivity index (χ1) is 16.0. The number of aromatic amines is 1. The molecule has 2 aromatic carbocycles. The van der Waals surface area contributed by atoms with Gasteiger partial charge in [-0.1, -0.05) is 24.6 Å². The van der Waals surface area contributed by atoms with Crippen LogP contribution in [0.25, 0.3) is 21.8 Å². The molecule has 0 spiro atoms. The zero-order chi connectivity index (χ0) is 22.9. The van der Waals surface area contributed by atoms with E-state index in [1.807, 2.05) is 31.2 Å². The number of aldehydes is 1. The number of fused-ring (bicyclic) bond motifs is 2. The van der Waals surface area contributed by atoms with Gasteiger partial charge in [-0.15, -0.1) is 0 Å². The first kappa shape index (κ1) is 21.8. The second kappa shape index (κ2) is 9.09. The van der Waals surface area contributed by atoms with E-state index in [9.17, 15) is 4.79 Å². The number of nitrogens with zero attached hydrogens (tertiary/aromatic N) is 4. The zero-order valence-corrected chi connectivity index (χ0v) is 19.3. The van der Waals surface area contributed by atoms with Gasteiger partial charge in [-0.3, -0.25) is 9.80 Å². The fraction of sp³-hybridized carbons (Fsp3) is 0.320. The van der Waals surface area contributed by atoms with Crippen LogP contribution in [0.4, 0.5) is 5.82 Å². The molecule has 1 saturated heterocycles. The second-order valence-corrected chi connectivity index (χ2v) is 9.26. The highest BCUT2D eigenvalue weighted by molar-refractivity contribution is 6.31. The van der Waals surface area contributed by atoms with Crippen LogP contribution in [-0.2, 0) is 11.3 Å². The molecule has 33 heavy (non-hydrogen) atoms. The Morgan fingerprint density at radius 2 is 1.94 bits per heavy atom. The van der Waals surface area contributed by atoms with E-state index < -0.39 is 0 Å². The molecule has 0 aliphatic carbocycles. The zero-order valence-electron chi connectivity index (χ0n) is 18.5. The first-order valence-corrected chi connectivity index (χ1v) is 11.6. The number of aromatic nitrogens is 3. The van der Waals surface area contributed by atoms with Crippen LogP contribution in [0.15, 0.2) is 48.8 Å². The second-order valence-electron chi connectivity index (χ2n) is 8.82. The number of nitrogen functional groups attached to an aromatic ring is 1. The lowest BCUT2D eigenvalue weighted by Gasteiger charge is -2.40. The number of hydrogen-bond acceptors (Lipinski definition) is 6. The molecular formula is C25H27ClN6O. The number of carbonyl (C=O) groups excluding carboxylic acids is 1. The Hall–Kier alpha value is -3.00. The van der Waals surface area contributed by atoms with Crippen molar-refractivity contribution >= 4 is 45.5 Å². The largest absolute Gasteiger partial charge is 0.383 e. The molecule has 2 atom stereocenters. The molecule has 3 heterocycles. The molecule has 0 saturated carbocycles. The quantitative estimate of drug-likeness (QED) is 0.420. The van der Waals surface area contributed by atoms with Gasteiger partial charge in [-0.25, -0.2) is 9.97 Å². The lowest BCUT2D eigenvalue weighted by Crippen LogP contribution is -2.48. The number of nitrogens with two attached hydrogens (primary N) is 1. The molecule has 4 aromatic rings. The van der Waals surface area contributed by atoms with Gasteiger partial charge in [0.1, 0.15) is 18.4 Å². The van der Waals surface area contributed by atoms with Gasteiger partial charge in [-0.05, 0) is 42.0 Å². The Balaban J connectivity index is 1.30. The van der Waals surface area contributed by atoms with Crippen molar-refractivity contribution in [3.63, 3.8) is 0 Å². The van der Waals surface area contributed by atoms with Crippen molar-refractivity contribution in [2.45, 2.75) is 19.5 Å². The van der Waals surface area contributed by atoms with Crippen LogP contribution in [0.1, 0.15) is 24.2 Å². The standard InChI is InChI=1S/C25H27ClN6O/c1-16(14-33)24(23-12-18-11-19(26)3-5-21(18)30-23)32-8-6-31(7-9-32)13-17-2-4-20-22(10-17)28-15-29-25(20)27/h2-5,10-12,14-16,24,30H,6-9,13H2,1H3,(H2,27,28,29)/t16-,24?/m1/s1. The van der Waals surface area contributed by atoms with Crippen LogP contribution < -0.4 is 5.73 Å². The van der Waals surface area contributed by atoms with Gasteiger partial charge in [0.15, 0.2) is 0 Å². The lowest BCUT2D eigenvalue weighted by atomic mass is 9.97. The van der Waals surface area contributed by atoms with Crippen LogP contribution in [0.2, 0.25) is 5.02 Å². The maximum absolute atomic E-state index is 11.8. The van der Waals surface area contributed by atoms with Gasteiger partial charge in [0.25, 0.3) is 0 Å². The fourth-order valence-corrected chi connectivity index (χ4v) is 5.03. The third-order valence-corrected chi connectivity index (χ3v) is 6.81. The summed E-state index contributed by atoms with van der Waals surface area (Å²) in [7, 11) is 0. The van der Waals surface area contributed by atoms with Crippen LogP contribution in [0.5, 0.6) is 0 Å². The molecule has 8 heteroatoms. The lowest BCUT2D eigenvalue weighted by molar-refractivity contribution is -0.113. The van der Waals surface area contributed by atoms with Crippen LogP contribution in [0, 0.1) is 5.92 Å². The third kappa shape index (κ3) is 4.44. The number of carbonyl (C=O) groups is 1. The van der Waals surface area contributed by atoms with E-state index in [2.05, 4.69) is 43.0 Å². The number of anilines is 1. The molecular weight excluding hydrogens is 436 g/mol. The van der Waals surface area contributed by atoms with Gasteiger partial charge in [0.2, 0.25) is 0 Å². The maximum atomic E-state index is 11.8. The summed E-state index contributed by atoms with van der Waals surface area (Å²) in [6.07, 6.45) is 2.56. The molecule has 7 nitrogen and oxygen atoms in total. The van der Waals surface area contributed by atoms with Gasteiger partial charge in [-0.2, -0.15) is 0 Å². The Kier molecular flexibility index (Phi) is 6.01. The highest BCUT2D eigenvalue weighted by Gasteiger charge is 2.30. The summed E-state index contributed by atoms with van der Waals surface area (Å²) in [5.41, 5.74) is 10.1. The van der Waals surface area contributed by atoms with Crippen molar-refractivity contribution in [3.8, 4) is 0 Å². The van der Waals surface area contributed by atoms with E-state index in [0.717, 1.165) is 66.5 Å². The third-order valence-electron chi connectivity index (χ3n) is 6.57. The number of nitrogens with one attached hydrogen (secondary N) is 1. The minimum absolute atomic E-state index is 0.0103. The van der Waals surface area contributed by atoms with Crippen molar-refractivity contribution in [1.29, 1.82) is 0 Å². The van der Waals surface area contributed by atoms with Crippen molar-refractivity contribution in [3.05, 3.63) is 65.1 Å². The smallest absolute Gasteiger partial charge is 0.134 e. The number of piperazine rings is 1. The summed E-state index contributed by atoms with van der Waals surface area (Å²) < 4.78 is 0. The summed E-state index contributed by atoms with van der Waals surface area (Å²) in [6.45, 7) is 6.48. The van der Waals surface area contributed by atoms with Crippen LogP contribution in [-0.4, -0.2) is 57.2 Å². The molecule has 170 valence electrons. The van der Waals surface area contributed by atoms with Gasteiger partial charge in [0.05, 0.1) is 11.6 Å². The van der Waals surface area contributed by atoms with Crippen molar-refractivity contribution in [1.82, 2.24) is 24.8 Å². The van der Waals surface area contributed by atoms with Crippen LogP contribution >= 0.6 is 11.6 Å². The Morgan fingerprint density at radius 3 is 2.73 bits per heavy atom. The van der Waals surface area contributed by atoms with Gasteiger partial charge >= 0.3 is 0 Å². The summed E-state index contributed by atoms with van der Waals surface area (Å²) >= 11 is 6.17. The summed E-state index contributed by atoms with van der Waals surface area (Å²) in [5.74, 6) is 0.389. The highest BCUT2D eigenvalue weighted by Crippen LogP contribution is 2.32. The molecule has 1 aliphatic rings. The Labute approximate surface area is 197 Å². The summed E-state index contributed by atoms with van der Waals surface area (Å²) in [5, 5.41) is 2.67. The van der Waals surface area contributed by atoms with Gasteiger partial charge in [0, 0.05) is 65.6 Å². The molecule has 1 fully saturated rings. The van der Waals surface area contributed by atoms with Crippen LogP contribution in [0.3, 0.4) is 0 Å². The molecule has 0 radical (unpaired) electrons. The number of H-pyrrole nitrogens is 1. The van der Waals surface area contributed by atoms with E-state index in [4.69, 9.17) is 17.3 Å². The SMILES string of the molecule is C[C@H](C=O)C(c1cc2cc(Cl)ccc2[nH]1)N1CCN(Cc2ccc3c(N)ncnc3c2)CC1. The van der Waals surface area contributed by atoms with E-state index >= 15 is 0 Å². The monoisotopic (exact) mass is 462 g/mol. The number of halogens is 1. The molecule has 5 rings (SSSR count). The predicted octanol–water partition coefficient (Wildman–Crippen LogP) is 4.04. The number of benzene rings is 2. The van der Waals surface area contributed by atoms with Crippen molar-refractivity contribution < 1.29 is 4.79 Å². The predicted molar refractivity (Wildman–Crippen MR) is 132 cm³/mol. The summed E-state index contributed by atoms with van der Waals surface area (Å²) in [4.78, 5) is 28.6. The minimum Gasteiger partial charge on any atom is -0.383 e. The molecule has 2 aromatic heterocycles. The van der Waals surface area contributed by atoms with E-state index in [1.54, 1.807) is 0 Å². The molecule has 0 amide bonds. The molecule has 1 unspecified atom stereocenters. The van der Waals surface area contributed by atoms with E-state index in [-0.39, 0.29) is 12.0 Å². The fourth-order valence-electron chi connectivity index (χ4n) is 4.85. The Bertz CT molecular complexity index is 1300.